The van der Waals surface area contributed by atoms with E-state index in [1.807, 2.05) is 0 Å². The van der Waals surface area contributed by atoms with Crippen LogP contribution >= 0.6 is 0 Å². The van der Waals surface area contributed by atoms with Crippen molar-refractivity contribution in [1.82, 2.24) is 0 Å². The Morgan fingerprint density at radius 2 is 1.75 bits per heavy atom. The smallest absolute Gasteiger partial charge is 0.254 e. The second kappa shape index (κ2) is 9.60. The molecule has 4 heavy (non-hydrogen) atoms. The minimum absolute atomic E-state index is 0. The standard InChI is InChI=1S/CH2BN.Na/c2-1-3;/h2H2;/q-1;+1. The second-order valence-corrected chi connectivity index (χ2v) is 0.224. The number of nitriles is 1. The molecule has 0 aromatic carbocycles. The molecular formula is CH2BNNa. The van der Waals surface area contributed by atoms with Gasteiger partial charge in [0.05, 0.1) is 0 Å². The van der Waals surface area contributed by atoms with Crippen molar-refractivity contribution in [2.24, 2.45) is 0 Å². The number of rotatable bonds is 0. The molecule has 0 amide bonds. The molecule has 15 valence electrons. The number of hydrogen-bond donors (Lipinski definition) is 0. The van der Waals surface area contributed by atoms with Gasteiger partial charge >= 0.3 is 29.6 Å². The Morgan fingerprint density at radius 1 is 1.75 bits per heavy atom. The fourth-order valence-corrected chi connectivity index (χ4v) is 0. The molecule has 0 N–H and O–H groups in total. The van der Waals surface area contributed by atoms with Gasteiger partial charge in [0.25, 0.3) is 0 Å². The van der Waals surface area contributed by atoms with E-state index in [2.05, 4.69) is 0 Å². The van der Waals surface area contributed by atoms with Crippen molar-refractivity contribution < 1.29 is 29.6 Å². The molecule has 0 unspecified atom stereocenters. The van der Waals surface area contributed by atoms with Crippen LogP contribution in [0.15, 0.2) is 0 Å². The van der Waals surface area contributed by atoms with Crippen LogP contribution in [0.5, 0.6) is 0 Å². The maximum atomic E-state index is 7.32. The summed E-state index contributed by atoms with van der Waals surface area (Å²) in [4.78, 5) is 0. The molecule has 0 rings (SSSR count). The Kier molecular flexibility index (Phi) is 21.2. The SMILES string of the molecule is [BH2-]C#N.[Na+]. The molecular weight excluding hydrogens is 59.8 g/mol. The van der Waals surface area contributed by atoms with Crippen molar-refractivity contribution in [1.29, 1.82) is 5.26 Å². The van der Waals surface area contributed by atoms with Gasteiger partial charge in [-0.3, -0.25) is 5.26 Å². The third-order valence-corrected chi connectivity index (χ3v) is 0. The number of nitrogens with zero attached hydrogens (tertiary/aromatic N) is 1. The summed E-state index contributed by atoms with van der Waals surface area (Å²) in [6.45, 7) is 0. The fourth-order valence-electron chi connectivity index (χ4n) is 0. The van der Waals surface area contributed by atoms with E-state index in [1.165, 1.54) is 7.85 Å². The Labute approximate surface area is 48.7 Å². The molecule has 0 aromatic rings. The Bertz CT molecular complexity index is 29.5. The zero-order valence-corrected chi connectivity index (χ0v) is 4.95. The van der Waals surface area contributed by atoms with Gasteiger partial charge in [-0.05, 0) is 7.85 Å². The van der Waals surface area contributed by atoms with E-state index < -0.39 is 0 Å². The average molecular weight is 61.8 g/mol. The van der Waals surface area contributed by atoms with Gasteiger partial charge in [-0.25, -0.2) is 5.97 Å². The van der Waals surface area contributed by atoms with Crippen molar-refractivity contribution in [2.45, 2.75) is 0 Å². The van der Waals surface area contributed by atoms with Gasteiger partial charge in [-0.1, -0.05) is 0 Å². The van der Waals surface area contributed by atoms with Crippen LogP contribution in [0.4, 0.5) is 0 Å². The largest absolute Gasteiger partial charge is 1.00 e. The molecule has 1 nitrogen and oxygen atoms in total. The average Bonchev–Trinajstić information content (AvgIpc) is 0.918. The van der Waals surface area contributed by atoms with E-state index >= 15 is 0 Å². The zero-order chi connectivity index (χ0) is 2.71. The minimum Gasteiger partial charge on any atom is -0.254 e. The summed E-state index contributed by atoms with van der Waals surface area (Å²) in [7, 11) is 1.43. The monoisotopic (exact) mass is 62.0 g/mol. The van der Waals surface area contributed by atoms with Gasteiger partial charge in [-0.2, -0.15) is 0 Å². The van der Waals surface area contributed by atoms with Crippen molar-refractivity contribution in [3.8, 4) is 5.97 Å². The molecule has 0 saturated carbocycles. The topological polar surface area (TPSA) is 23.8 Å². The molecule has 0 saturated heterocycles. The quantitative estimate of drug-likeness (QED) is 0.263. The first kappa shape index (κ1) is 8.82. The fraction of sp³-hybridized carbons (Fsp3) is 0. The van der Waals surface area contributed by atoms with Crippen molar-refractivity contribution in [2.75, 3.05) is 0 Å². The van der Waals surface area contributed by atoms with Crippen LogP contribution in [0.1, 0.15) is 0 Å². The maximum Gasteiger partial charge on any atom is 1.00 e. The van der Waals surface area contributed by atoms with Crippen LogP contribution < -0.4 is 29.6 Å². The Balaban J connectivity index is 0. The molecule has 0 aromatic heterocycles. The van der Waals surface area contributed by atoms with E-state index in [1.54, 1.807) is 5.97 Å². The molecule has 3 heteroatoms. The summed E-state index contributed by atoms with van der Waals surface area (Å²) in [5.41, 5.74) is 0. The first-order valence-corrected chi connectivity index (χ1v) is 0.724. The third kappa shape index (κ3) is 20.1. The molecule has 0 aliphatic rings. The summed E-state index contributed by atoms with van der Waals surface area (Å²) < 4.78 is 0. The molecule has 0 aliphatic carbocycles. The molecule has 0 heterocycles. The van der Waals surface area contributed by atoms with Gasteiger partial charge in [0.2, 0.25) is 0 Å². The first-order valence-electron chi connectivity index (χ1n) is 0.724. The van der Waals surface area contributed by atoms with Gasteiger partial charge in [0.1, 0.15) is 0 Å². The summed E-state index contributed by atoms with van der Waals surface area (Å²) in [6.07, 6.45) is 0. The van der Waals surface area contributed by atoms with Gasteiger partial charge in [0.15, 0.2) is 0 Å². The minimum atomic E-state index is 0. The van der Waals surface area contributed by atoms with E-state index in [9.17, 15) is 0 Å². The van der Waals surface area contributed by atoms with Crippen molar-refractivity contribution in [3.63, 3.8) is 0 Å². The molecule has 0 aliphatic heterocycles. The normalized spacial score (nSPS) is 2.00. The van der Waals surface area contributed by atoms with Gasteiger partial charge in [-0.15, -0.1) is 0 Å². The molecule has 0 spiro atoms. The molecule has 0 bridgehead atoms. The summed E-state index contributed by atoms with van der Waals surface area (Å²) in [6, 6.07) is 0. The molecule has 0 atom stereocenters. The van der Waals surface area contributed by atoms with Gasteiger partial charge < -0.3 is 0 Å². The molecule has 0 fully saturated rings. The predicted molar refractivity (Wildman–Crippen MR) is 14.2 cm³/mol. The van der Waals surface area contributed by atoms with Crippen LogP contribution in [0, 0.1) is 11.2 Å². The maximum absolute atomic E-state index is 7.32. The van der Waals surface area contributed by atoms with Crippen LogP contribution in [0.25, 0.3) is 0 Å². The van der Waals surface area contributed by atoms with Crippen LogP contribution in [0.3, 0.4) is 0 Å². The summed E-state index contributed by atoms with van der Waals surface area (Å²) in [5, 5.41) is 7.32. The molecule has 1 radical (unpaired) electrons. The van der Waals surface area contributed by atoms with E-state index in [0.29, 0.717) is 0 Å². The third-order valence-electron chi connectivity index (χ3n) is 0. The van der Waals surface area contributed by atoms with Crippen LogP contribution in [-0.2, 0) is 0 Å². The first-order chi connectivity index (χ1) is 1.41. The zero-order valence-electron chi connectivity index (χ0n) is 2.95. The van der Waals surface area contributed by atoms with Gasteiger partial charge in [0, 0.05) is 0 Å². The van der Waals surface area contributed by atoms with E-state index in [4.69, 9.17) is 5.26 Å². The summed E-state index contributed by atoms with van der Waals surface area (Å²) in [5.74, 6) is 1.75. The Morgan fingerprint density at radius 3 is 1.75 bits per heavy atom. The van der Waals surface area contributed by atoms with Crippen molar-refractivity contribution in [3.05, 3.63) is 0 Å². The second-order valence-electron chi connectivity index (χ2n) is 0.224. The van der Waals surface area contributed by atoms with E-state index in [-0.39, 0.29) is 29.6 Å². The summed E-state index contributed by atoms with van der Waals surface area (Å²) >= 11 is 0. The van der Waals surface area contributed by atoms with Crippen LogP contribution in [-0.4, -0.2) is 7.85 Å². The van der Waals surface area contributed by atoms with Crippen LogP contribution in [0.2, 0.25) is 0 Å². The van der Waals surface area contributed by atoms with Crippen molar-refractivity contribution >= 4 is 7.85 Å². The number of hydrogen-bond acceptors (Lipinski definition) is 1. The van der Waals surface area contributed by atoms with E-state index in [0.717, 1.165) is 0 Å². The Hall–Kier alpha value is 0.555. The predicted octanol–water partition coefficient (Wildman–Crippen LogP) is -3.90.